The highest BCUT2D eigenvalue weighted by atomic mass is 16.3. The molecule has 5 saturated carbocycles. The number of hydrogen-bond acceptors (Lipinski definition) is 3. The van der Waals surface area contributed by atoms with Gasteiger partial charge in [0.05, 0.1) is 18.3 Å². The van der Waals surface area contributed by atoms with E-state index in [1.54, 1.807) is 0 Å². The van der Waals surface area contributed by atoms with Crippen LogP contribution in [-0.2, 0) is 11.3 Å². The van der Waals surface area contributed by atoms with Gasteiger partial charge in [0.1, 0.15) is 0 Å². The van der Waals surface area contributed by atoms with Crippen LogP contribution < -0.4 is 0 Å². The number of carbonyl (C=O) groups is 1. The molecule has 0 radical (unpaired) electrons. The number of aryl methyl sites for hydroxylation is 1. The SMILES string of the molecule is Cc1cnn(CC(=O)[C@H]2[C@H]3[C@@H](C)[C@H]3[C@H]3[C@@H]4CC[C@@H]5C[C@](C)(O)CC[C@@H]5[C@H]4CC[C@@]32C)c1. The highest BCUT2D eigenvalue weighted by Gasteiger charge is 2.73. The van der Waals surface area contributed by atoms with E-state index in [1.165, 1.54) is 32.1 Å². The van der Waals surface area contributed by atoms with Gasteiger partial charge in [0, 0.05) is 12.1 Å². The minimum atomic E-state index is -0.441. The van der Waals surface area contributed by atoms with Crippen molar-refractivity contribution in [1.82, 2.24) is 9.78 Å². The third-order valence-corrected chi connectivity index (χ3v) is 11.0. The van der Waals surface area contributed by atoms with Crippen molar-refractivity contribution < 1.29 is 9.90 Å². The third-order valence-electron chi connectivity index (χ3n) is 11.0. The average Bonchev–Trinajstić information content (AvgIpc) is 3.03. The molecule has 0 unspecified atom stereocenters. The van der Waals surface area contributed by atoms with Gasteiger partial charge in [0.2, 0.25) is 0 Å². The van der Waals surface area contributed by atoms with Crippen LogP contribution in [-0.4, -0.2) is 26.3 Å². The van der Waals surface area contributed by atoms with Crippen LogP contribution in [0.15, 0.2) is 12.4 Å². The molecule has 1 aromatic heterocycles. The maximum atomic E-state index is 13.6. The Morgan fingerprint density at radius 2 is 1.90 bits per heavy atom. The van der Waals surface area contributed by atoms with Gasteiger partial charge in [-0.3, -0.25) is 9.48 Å². The van der Waals surface area contributed by atoms with E-state index >= 15 is 0 Å². The van der Waals surface area contributed by atoms with Gasteiger partial charge in [-0.25, -0.2) is 0 Å². The summed E-state index contributed by atoms with van der Waals surface area (Å²) in [6, 6.07) is 0. The number of carbonyl (C=O) groups excluding carboxylic acids is 1. The number of ketones is 1. The second-order valence-electron chi connectivity index (χ2n) is 12.8. The summed E-state index contributed by atoms with van der Waals surface area (Å²) < 4.78 is 1.86. The monoisotopic (exact) mass is 424 g/mol. The Balaban J connectivity index is 1.26. The van der Waals surface area contributed by atoms with Gasteiger partial charge in [-0.15, -0.1) is 0 Å². The van der Waals surface area contributed by atoms with Crippen LogP contribution in [0.4, 0.5) is 0 Å². The Hall–Kier alpha value is -1.16. The Bertz CT molecular complexity index is 890. The van der Waals surface area contributed by atoms with E-state index in [-0.39, 0.29) is 11.3 Å². The number of hydrogen-bond donors (Lipinski definition) is 1. The Morgan fingerprint density at radius 3 is 2.65 bits per heavy atom. The van der Waals surface area contributed by atoms with E-state index in [0.29, 0.717) is 18.2 Å². The van der Waals surface area contributed by atoms with E-state index in [1.807, 2.05) is 24.0 Å². The summed E-state index contributed by atoms with van der Waals surface area (Å²) in [5.41, 5.74) is 0.878. The van der Waals surface area contributed by atoms with Crippen LogP contribution in [0, 0.1) is 65.6 Å². The fourth-order valence-corrected chi connectivity index (χ4v) is 9.90. The third kappa shape index (κ3) is 2.96. The van der Waals surface area contributed by atoms with Crippen LogP contribution in [0.5, 0.6) is 0 Å². The van der Waals surface area contributed by atoms with E-state index in [0.717, 1.165) is 59.8 Å². The van der Waals surface area contributed by atoms with Crippen molar-refractivity contribution in [2.75, 3.05) is 0 Å². The highest BCUT2D eigenvalue weighted by Crippen LogP contribution is 2.76. The standard InChI is InChI=1S/C27H40N2O2/c1-15-12-28-29(13-15)14-21(30)25-23-16(2)22(23)24-20-6-5-17-11-26(3,31)9-7-18(17)19(20)8-10-27(24,25)4/h12-13,16-20,22-25,31H,5-11,14H2,1-4H3/t16-,17+,18-,19+,20+,22+,23-,24+,25-,26+,27-/m0/s1. The lowest BCUT2D eigenvalue weighted by Gasteiger charge is -2.58. The summed E-state index contributed by atoms with van der Waals surface area (Å²) in [4.78, 5) is 13.6. The fourth-order valence-electron chi connectivity index (χ4n) is 9.90. The average molecular weight is 425 g/mol. The van der Waals surface area contributed by atoms with Crippen molar-refractivity contribution in [1.29, 1.82) is 0 Å². The molecule has 1 heterocycles. The zero-order valence-electron chi connectivity index (χ0n) is 19.8. The zero-order valence-corrected chi connectivity index (χ0v) is 19.8. The largest absolute Gasteiger partial charge is 0.390 e. The minimum absolute atomic E-state index is 0.190. The molecule has 0 bridgehead atoms. The normalized spacial score (nSPS) is 52.6. The summed E-state index contributed by atoms with van der Waals surface area (Å²) >= 11 is 0. The smallest absolute Gasteiger partial charge is 0.158 e. The molecule has 31 heavy (non-hydrogen) atoms. The second kappa shape index (κ2) is 6.68. The van der Waals surface area contributed by atoms with E-state index in [4.69, 9.17) is 0 Å². The molecule has 0 aromatic carbocycles. The molecule has 5 aliphatic carbocycles. The maximum absolute atomic E-state index is 13.6. The Morgan fingerprint density at radius 1 is 1.13 bits per heavy atom. The topological polar surface area (TPSA) is 55.1 Å². The summed E-state index contributed by atoms with van der Waals surface area (Å²) in [5.74, 6) is 6.70. The van der Waals surface area contributed by atoms with Crippen LogP contribution in [0.25, 0.3) is 0 Å². The second-order valence-corrected chi connectivity index (χ2v) is 12.8. The highest BCUT2D eigenvalue weighted by molar-refractivity contribution is 5.83. The summed E-state index contributed by atoms with van der Waals surface area (Å²) in [7, 11) is 0. The van der Waals surface area contributed by atoms with Crippen LogP contribution >= 0.6 is 0 Å². The molecule has 1 aromatic rings. The van der Waals surface area contributed by atoms with Crippen LogP contribution in [0.2, 0.25) is 0 Å². The molecule has 0 spiro atoms. The van der Waals surface area contributed by atoms with Crippen molar-refractivity contribution >= 4 is 5.78 Å². The predicted octanol–water partition coefficient (Wildman–Crippen LogP) is 4.88. The minimum Gasteiger partial charge on any atom is -0.390 e. The van der Waals surface area contributed by atoms with Gasteiger partial charge >= 0.3 is 0 Å². The van der Waals surface area contributed by atoms with E-state index in [9.17, 15) is 9.90 Å². The van der Waals surface area contributed by atoms with Gasteiger partial charge in [-0.2, -0.15) is 5.10 Å². The number of aromatic nitrogens is 2. The number of fused-ring (bicyclic) bond motifs is 7. The molecule has 0 amide bonds. The first kappa shape index (κ1) is 20.4. The fraction of sp³-hybridized carbons (Fsp3) is 0.852. The number of Topliss-reactive ketones (excluding diaryl/α,β-unsaturated/α-hetero) is 1. The van der Waals surface area contributed by atoms with E-state index in [2.05, 4.69) is 25.9 Å². The molecule has 5 fully saturated rings. The lowest BCUT2D eigenvalue weighted by atomic mass is 9.47. The summed E-state index contributed by atoms with van der Waals surface area (Å²) in [6.45, 7) is 9.45. The molecule has 0 aliphatic heterocycles. The van der Waals surface area contributed by atoms with Crippen LogP contribution in [0.3, 0.4) is 0 Å². The molecule has 11 atom stereocenters. The number of aliphatic hydroxyl groups is 1. The zero-order chi connectivity index (χ0) is 21.7. The molecule has 4 heteroatoms. The molecule has 170 valence electrons. The van der Waals surface area contributed by atoms with Gasteiger partial charge in [0.25, 0.3) is 0 Å². The first-order valence-corrected chi connectivity index (χ1v) is 12.9. The molecule has 1 N–H and O–H groups in total. The molecule has 0 saturated heterocycles. The van der Waals surface area contributed by atoms with Crippen molar-refractivity contribution in [2.45, 2.75) is 84.8 Å². The first-order valence-electron chi connectivity index (χ1n) is 12.9. The maximum Gasteiger partial charge on any atom is 0.158 e. The molecular weight excluding hydrogens is 384 g/mol. The molecule has 6 rings (SSSR count). The van der Waals surface area contributed by atoms with Gasteiger partial charge in [0.15, 0.2) is 5.78 Å². The molecule has 5 aliphatic rings. The van der Waals surface area contributed by atoms with E-state index < -0.39 is 5.60 Å². The molecular formula is C27H40N2O2. The Labute approximate surface area is 187 Å². The summed E-state index contributed by atoms with van der Waals surface area (Å²) in [5, 5.41) is 15.1. The predicted molar refractivity (Wildman–Crippen MR) is 120 cm³/mol. The van der Waals surface area contributed by atoms with Gasteiger partial charge in [-0.05, 0) is 117 Å². The first-order chi connectivity index (χ1) is 14.7. The lowest BCUT2D eigenvalue weighted by Crippen LogP contribution is -2.52. The van der Waals surface area contributed by atoms with Gasteiger partial charge in [-0.1, -0.05) is 13.8 Å². The van der Waals surface area contributed by atoms with Crippen molar-refractivity contribution in [3.63, 3.8) is 0 Å². The number of rotatable bonds is 3. The van der Waals surface area contributed by atoms with Gasteiger partial charge < -0.3 is 5.11 Å². The quantitative estimate of drug-likeness (QED) is 0.752. The van der Waals surface area contributed by atoms with Crippen LogP contribution in [0.1, 0.15) is 71.3 Å². The van der Waals surface area contributed by atoms with Crippen molar-refractivity contribution in [3.8, 4) is 0 Å². The van der Waals surface area contributed by atoms with Crippen molar-refractivity contribution in [2.24, 2.45) is 58.7 Å². The molecule has 4 nitrogen and oxygen atoms in total. The number of nitrogens with zero attached hydrogens (tertiary/aromatic N) is 2. The Kier molecular flexibility index (Phi) is 4.41. The lowest BCUT2D eigenvalue weighted by molar-refractivity contribution is -0.137. The van der Waals surface area contributed by atoms with Crippen molar-refractivity contribution in [3.05, 3.63) is 18.0 Å². The summed E-state index contributed by atoms with van der Waals surface area (Å²) in [6.07, 6.45) is 12.2.